The van der Waals surface area contributed by atoms with Crippen LogP contribution in [-0.2, 0) is 10.2 Å². The molecule has 0 aromatic heterocycles. The first kappa shape index (κ1) is 18.6. The Morgan fingerprint density at radius 1 is 1.16 bits per heavy atom. The van der Waals surface area contributed by atoms with Gasteiger partial charge in [-0.25, -0.2) is 4.72 Å². The maximum Gasteiger partial charge on any atom is 0.389 e. The largest absolute Gasteiger partial charge is 0.389 e. The second kappa shape index (κ2) is 8.72. The summed E-state index contributed by atoms with van der Waals surface area (Å²) in [6.07, 6.45) is -4.84. The topological polar surface area (TPSA) is 61.4 Å². The third-order valence-corrected chi connectivity index (χ3v) is 3.98. The molecule has 0 fully saturated rings. The fourth-order valence-corrected chi connectivity index (χ4v) is 2.32. The van der Waals surface area contributed by atoms with E-state index in [1.54, 1.807) is 0 Å². The molecule has 116 valence electrons. The van der Waals surface area contributed by atoms with Gasteiger partial charge in [0, 0.05) is 26.6 Å². The van der Waals surface area contributed by atoms with Gasteiger partial charge in [0.1, 0.15) is 0 Å². The third kappa shape index (κ3) is 10.1. The van der Waals surface area contributed by atoms with Gasteiger partial charge in [0.15, 0.2) is 0 Å². The van der Waals surface area contributed by atoms with Crippen LogP contribution in [-0.4, -0.2) is 52.1 Å². The summed E-state index contributed by atoms with van der Waals surface area (Å²) in [4.78, 5) is 0. The Balaban J connectivity index is 3.89. The predicted molar refractivity (Wildman–Crippen MR) is 68.0 cm³/mol. The second-order valence-corrected chi connectivity index (χ2v) is 6.01. The zero-order valence-corrected chi connectivity index (χ0v) is 12.1. The summed E-state index contributed by atoms with van der Waals surface area (Å²) in [6.45, 7) is 3.57. The second-order valence-electron chi connectivity index (χ2n) is 4.15. The van der Waals surface area contributed by atoms with Crippen LogP contribution in [0.2, 0.25) is 0 Å². The summed E-state index contributed by atoms with van der Waals surface area (Å²) in [7, 11) is -2.28. The lowest BCUT2D eigenvalue weighted by Gasteiger charge is -2.17. The van der Waals surface area contributed by atoms with Crippen LogP contribution in [0.1, 0.15) is 26.2 Å². The Labute approximate surface area is 112 Å². The van der Waals surface area contributed by atoms with Crippen molar-refractivity contribution in [2.75, 3.05) is 33.2 Å². The molecule has 0 radical (unpaired) electrons. The molecule has 9 heteroatoms. The van der Waals surface area contributed by atoms with Crippen LogP contribution < -0.4 is 10.0 Å². The quantitative estimate of drug-likeness (QED) is 0.594. The average molecular weight is 305 g/mol. The number of hydrogen-bond donors (Lipinski definition) is 2. The molecule has 0 spiro atoms. The molecule has 0 aromatic carbocycles. The van der Waals surface area contributed by atoms with Crippen molar-refractivity contribution in [3.05, 3.63) is 0 Å². The van der Waals surface area contributed by atoms with Gasteiger partial charge < -0.3 is 5.32 Å². The average Bonchev–Trinajstić information content (AvgIpc) is 2.29. The van der Waals surface area contributed by atoms with E-state index in [4.69, 9.17) is 0 Å². The molecule has 2 N–H and O–H groups in total. The van der Waals surface area contributed by atoms with Crippen molar-refractivity contribution < 1.29 is 21.6 Å². The van der Waals surface area contributed by atoms with Gasteiger partial charge in [-0.3, -0.25) is 0 Å². The van der Waals surface area contributed by atoms with E-state index in [9.17, 15) is 21.6 Å². The van der Waals surface area contributed by atoms with Gasteiger partial charge in [-0.1, -0.05) is 6.92 Å². The standard InChI is InChI=1S/C10H22F3N3O2S/c1-3-14-7-5-9-16(2)19(17,18)15-8-4-6-10(11,12)13/h14-15H,3-9H2,1-2H3. The molecule has 19 heavy (non-hydrogen) atoms. The Kier molecular flexibility index (Phi) is 8.55. The van der Waals surface area contributed by atoms with Crippen LogP contribution >= 0.6 is 0 Å². The van der Waals surface area contributed by atoms with Crippen LogP contribution in [0.3, 0.4) is 0 Å². The van der Waals surface area contributed by atoms with E-state index < -0.39 is 22.8 Å². The van der Waals surface area contributed by atoms with Crippen molar-refractivity contribution >= 4 is 10.2 Å². The molecule has 5 nitrogen and oxygen atoms in total. The van der Waals surface area contributed by atoms with Crippen LogP contribution in [0.5, 0.6) is 0 Å². The normalized spacial score (nSPS) is 13.2. The van der Waals surface area contributed by atoms with Crippen molar-refractivity contribution in [1.82, 2.24) is 14.3 Å². The van der Waals surface area contributed by atoms with Crippen molar-refractivity contribution in [3.63, 3.8) is 0 Å². The molecule has 0 aliphatic rings. The molecule has 0 rings (SSSR count). The van der Waals surface area contributed by atoms with Gasteiger partial charge in [0.25, 0.3) is 10.2 Å². The fraction of sp³-hybridized carbons (Fsp3) is 1.00. The molecule has 0 saturated carbocycles. The number of halogens is 3. The summed E-state index contributed by atoms with van der Waals surface area (Å²) in [5.74, 6) is 0. The molecule has 0 aromatic rings. The monoisotopic (exact) mass is 305 g/mol. The highest BCUT2D eigenvalue weighted by Gasteiger charge is 2.26. The van der Waals surface area contributed by atoms with Gasteiger partial charge in [-0.05, 0) is 25.9 Å². The molecule has 0 amide bonds. The predicted octanol–water partition coefficient (Wildman–Crippen LogP) is 1.09. The lowest BCUT2D eigenvalue weighted by Crippen LogP contribution is -2.40. The first-order chi connectivity index (χ1) is 8.69. The maximum absolute atomic E-state index is 11.9. The van der Waals surface area contributed by atoms with E-state index in [-0.39, 0.29) is 13.0 Å². The zero-order chi connectivity index (χ0) is 14.9. The van der Waals surface area contributed by atoms with Crippen molar-refractivity contribution in [2.45, 2.75) is 32.4 Å². The van der Waals surface area contributed by atoms with Gasteiger partial charge >= 0.3 is 6.18 Å². The van der Waals surface area contributed by atoms with E-state index in [0.29, 0.717) is 19.5 Å². The molecule has 0 unspecified atom stereocenters. The molecule has 0 bridgehead atoms. The molecule has 0 saturated heterocycles. The fourth-order valence-electron chi connectivity index (χ4n) is 1.32. The number of nitrogens with one attached hydrogen (secondary N) is 2. The third-order valence-electron chi connectivity index (χ3n) is 2.41. The van der Waals surface area contributed by atoms with Crippen molar-refractivity contribution in [2.24, 2.45) is 0 Å². The van der Waals surface area contributed by atoms with Crippen molar-refractivity contribution in [3.8, 4) is 0 Å². The first-order valence-corrected chi connectivity index (χ1v) is 7.61. The number of alkyl halides is 3. The minimum absolute atomic E-state index is 0.209. The highest BCUT2D eigenvalue weighted by Crippen LogP contribution is 2.20. The molecule has 0 heterocycles. The van der Waals surface area contributed by atoms with Crippen molar-refractivity contribution in [1.29, 1.82) is 0 Å². The van der Waals surface area contributed by atoms with Gasteiger partial charge in [-0.15, -0.1) is 0 Å². The minimum Gasteiger partial charge on any atom is -0.317 e. The molecule has 0 atom stereocenters. The van der Waals surface area contributed by atoms with Crippen LogP contribution in [0.25, 0.3) is 0 Å². The Morgan fingerprint density at radius 2 is 1.79 bits per heavy atom. The summed E-state index contributed by atoms with van der Waals surface area (Å²) in [5.41, 5.74) is 0. The SMILES string of the molecule is CCNCCCN(C)S(=O)(=O)NCCCC(F)(F)F. The molecular weight excluding hydrogens is 283 g/mol. The van der Waals surface area contributed by atoms with E-state index in [1.165, 1.54) is 7.05 Å². The highest BCUT2D eigenvalue weighted by atomic mass is 32.2. The van der Waals surface area contributed by atoms with E-state index in [0.717, 1.165) is 10.8 Å². The van der Waals surface area contributed by atoms with E-state index >= 15 is 0 Å². The minimum atomic E-state index is -4.25. The van der Waals surface area contributed by atoms with Gasteiger partial charge in [0.2, 0.25) is 0 Å². The first-order valence-electron chi connectivity index (χ1n) is 6.17. The molecule has 0 aliphatic carbocycles. The summed E-state index contributed by atoms with van der Waals surface area (Å²) in [5, 5.41) is 3.06. The summed E-state index contributed by atoms with van der Waals surface area (Å²) < 4.78 is 62.2. The van der Waals surface area contributed by atoms with Gasteiger partial charge in [0.05, 0.1) is 0 Å². The smallest absolute Gasteiger partial charge is 0.317 e. The Morgan fingerprint density at radius 3 is 2.32 bits per heavy atom. The zero-order valence-electron chi connectivity index (χ0n) is 11.3. The van der Waals surface area contributed by atoms with Crippen LogP contribution in [0.4, 0.5) is 13.2 Å². The van der Waals surface area contributed by atoms with Gasteiger partial charge in [-0.2, -0.15) is 25.9 Å². The number of nitrogens with zero attached hydrogens (tertiary/aromatic N) is 1. The Bertz CT molecular complexity index is 333. The number of rotatable bonds is 10. The molecular formula is C10H22F3N3O2S. The van der Waals surface area contributed by atoms with Crippen LogP contribution in [0.15, 0.2) is 0 Å². The van der Waals surface area contributed by atoms with E-state index in [2.05, 4.69) is 10.0 Å². The highest BCUT2D eigenvalue weighted by molar-refractivity contribution is 7.87. The van der Waals surface area contributed by atoms with Crippen LogP contribution in [0, 0.1) is 0 Å². The summed E-state index contributed by atoms with van der Waals surface area (Å²) >= 11 is 0. The lowest BCUT2D eigenvalue weighted by molar-refractivity contribution is -0.135. The van der Waals surface area contributed by atoms with E-state index in [1.807, 2.05) is 6.92 Å². The maximum atomic E-state index is 11.9. The number of hydrogen-bond acceptors (Lipinski definition) is 3. The summed E-state index contributed by atoms with van der Waals surface area (Å²) in [6, 6.07) is 0. The lowest BCUT2D eigenvalue weighted by atomic mass is 10.3. The molecule has 0 aliphatic heterocycles. The Hall–Kier alpha value is -0.380.